The molecule has 50 valence electrons. The summed E-state index contributed by atoms with van der Waals surface area (Å²) >= 11 is 2.86. The molecule has 0 radical (unpaired) electrons. The molecule has 1 aromatic carbocycles. The maximum atomic E-state index is 4.73. The first kappa shape index (κ1) is 9.04. The third-order valence-electron chi connectivity index (χ3n) is 0.832. The predicted molar refractivity (Wildman–Crippen MR) is 47.3 cm³/mol. The average molecular weight is 250 g/mol. The van der Waals surface area contributed by atoms with E-state index in [9.17, 15) is 0 Å². The molecule has 1 nitrogen and oxygen atoms in total. The van der Waals surface area contributed by atoms with Crippen LogP contribution in [0.25, 0.3) is 0 Å². The number of benzene rings is 1. The summed E-state index contributed by atoms with van der Waals surface area (Å²) in [5, 5.41) is 0. The number of halogens is 1. The Balaban J connectivity index is 0.000000640. The van der Waals surface area contributed by atoms with Crippen molar-refractivity contribution >= 4 is 33.9 Å². The Morgan fingerprint density at radius 3 is 2.00 bits per heavy atom. The van der Waals surface area contributed by atoms with Gasteiger partial charge in [-0.15, -0.1) is 0 Å². The Morgan fingerprint density at radius 1 is 1.11 bits per heavy atom. The van der Waals surface area contributed by atoms with Crippen LogP contribution in [0.1, 0.15) is 0 Å². The van der Waals surface area contributed by atoms with Gasteiger partial charge in [-0.05, 0) is 12.1 Å². The molecule has 0 bridgehead atoms. The van der Waals surface area contributed by atoms with Gasteiger partial charge in [-0.2, -0.15) is 0 Å². The summed E-state index contributed by atoms with van der Waals surface area (Å²) in [7, 11) is 0. The summed E-state index contributed by atoms with van der Waals surface area (Å²) < 4.78 is 4.73. The second-order valence-corrected chi connectivity index (χ2v) is 1.71. The van der Waals surface area contributed by atoms with Crippen LogP contribution in [0.2, 0.25) is 0 Å². The summed E-state index contributed by atoms with van der Waals surface area (Å²) in [6, 6.07) is 9.51. The molecule has 0 amide bonds. The van der Waals surface area contributed by atoms with Crippen molar-refractivity contribution in [1.82, 2.24) is 0 Å². The molecular weight excluding hydrogens is 241 g/mol. The Kier molecular flexibility index (Phi) is 4.90. The molecule has 0 saturated carbocycles. The number of hydrogen-bond donors (Lipinski definition) is 0. The predicted octanol–water partition coefficient (Wildman–Crippen LogP) is 0.924. The molecule has 0 aliphatic rings. The summed E-state index contributed by atoms with van der Waals surface area (Å²) in [6.45, 7) is 0. The van der Waals surface area contributed by atoms with Crippen molar-refractivity contribution < 1.29 is 3.83 Å². The third-order valence-corrected chi connectivity index (χ3v) is 1.21. The fourth-order valence-electron chi connectivity index (χ4n) is 0.472. The molecular formula is C6H9BrGeO. The molecule has 3 heteroatoms. The van der Waals surface area contributed by atoms with Crippen LogP contribution in [-0.4, -0.2) is 17.6 Å². The van der Waals surface area contributed by atoms with Crippen LogP contribution in [0.15, 0.2) is 30.3 Å². The van der Waals surface area contributed by atoms with Crippen molar-refractivity contribution in [2.75, 3.05) is 0 Å². The zero-order chi connectivity index (χ0) is 5.82. The van der Waals surface area contributed by atoms with Crippen LogP contribution in [-0.2, 0) is 0 Å². The van der Waals surface area contributed by atoms with Gasteiger partial charge in [0.25, 0.3) is 0 Å². The fraction of sp³-hybridized carbons (Fsp3) is 0. The van der Waals surface area contributed by atoms with Crippen LogP contribution in [0.3, 0.4) is 0 Å². The van der Waals surface area contributed by atoms with Crippen LogP contribution in [0, 0.1) is 0 Å². The van der Waals surface area contributed by atoms with Gasteiger partial charge >= 0.3 is 17.6 Å². The molecule has 1 aromatic rings. The molecule has 1 rings (SSSR count). The Hall–Kier alpha value is 0.0429. The second-order valence-electron chi connectivity index (χ2n) is 1.39. The normalized spacial score (nSPS) is 7.67. The van der Waals surface area contributed by atoms with E-state index in [4.69, 9.17) is 3.83 Å². The molecule has 0 aliphatic heterocycles. The molecule has 0 unspecified atom stereocenters. The molecule has 9 heavy (non-hydrogen) atoms. The van der Waals surface area contributed by atoms with Gasteiger partial charge in [-0.3, -0.25) is 0 Å². The van der Waals surface area contributed by atoms with Crippen molar-refractivity contribution in [3.8, 4) is 5.75 Å². The Labute approximate surface area is 73.8 Å². The van der Waals surface area contributed by atoms with Crippen LogP contribution >= 0.6 is 16.3 Å². The van der Waals surface area contributed by atoms with Gasteiger partial charge in [0, 0.05) is 0 Å². The molecule has 0 aromatic heterocycles. The third kappa shape index (κ3) is 2.91. The van der Waals surface area contributed by atoms with E-state index in [-0.39, 0.29) is 17.6 Å². The number of para-hydroxylation sites is 1. The van der Waals surface area contributed by atoms with E-state index in [1.807, 2.05) is 30.3 Å². The van der Waals surface area contributed by atoms with Gasteiger partial charge in [0.05, 0.1) is 0 Å². The van der Waals surface area contributed by atoms with Crippen LogP contribution in [0.4, 0.5) is 0 Å². The number of rotatable bonds is 1. The molecule has 0 spiro atoms. The van der Waals surface area contributed by atoms with Crippen LogP contribution < -0.4 is 3.83 Å². The van der Waals surface area contributed by atoms with Gasteiger partial charge in [0.2, 0.25) is 0 Å². The first-order valence-electron chi connectivity index (χ1n) is 2.27. The second kappa shape index (κ2) is 4.88. The molecule has 0 saturated heterocycles. The quantitative estimate of drug-likeness (QED) is 0.673. The van der Waals surface area contributed by atoms with Crippen molar-refractivity contribution in [2.24, 2.45) is 0 Å². The summed E-state index contributed by atoms with van der Waals surface area (Å²) in [5.74, 6) is 0.826. The van der Waals surface area contributed by atoms with Crippen molar-refractivity contribution in [2.45, 2.75) is 0 Å². The van der Waals surface area contributed by atoms with Crippen molar-refractivity contribution in [3.63, 3.8) is 0 Å². The van der Waals surface area contributed by atoms with Gasteiger partial charge in [-0.1, -0.05) is 18.2 Å². The molecule has 0 N–H and O–H groups in total. The zero-order valence-corrected chi connectivity index (χ0v) is 5.76. The number of hydrogen-bond acceptors (Lipinski definition) is 1. The van der Waals surface area contributed by atoms with E-state index in [1.54, 1.807) is 0 Å². The standard InChI is InChI=1S/C6H5BrO.GeH4/c7-8-6-4-2-1-3-5-6;/h1-5H;1H4. The SMILES string of the molecule is BrOc1ccccc1.[GeH4]. The molecule has 0 fully saturated rings. The van der Waals surface area contributed by atoms with E-state index in [1.165, 1.54) is 0 Å². The minimum absolute atomic E-state index is 0. The van der Waals surface area contributed by atoms with Gasteiger partial charge in [0.1, 0.15) is 5.75 Å². The van der Waals surface area contributed by atoms with E-state index in [2.05, 4.69) is 16.3 Å². The minimum atomic E-state index is 0. The van der Waals surface area contributed by atoms with Crippen LogP contribution in [0.5, 0.6) is 5.75 Å². The summed E-state index contributed by atoms with van der Waals surface area (Å²) in [5.41, 5.74) is 0. The zero-order valence-electron chi connectivity index (χ0n) is 4.17. The average Bonchev–Trinajstić information content (AvgIpc) is 1.90. The first-order chi connectivity index (χ1) is 3.93. The monoisotopic (exact) mass is 250 g/mol. The Morgan fingerprint density at radius 2 is 1.67 bits per heavy atom. The van der Waals surface area contributed by atoms with E-state index in [0.717, 1.165) is 5.75 Å². The van der Waals surface area contributed by atoms with E-state index >= 15 is 0 Å². The van der Waals surface area contributed by atoms with Gasteiger partial charge in [0.15, 0.2) is 16.3 Å². The molecule has 0 aliphatic carbocycles. The summed E-state index contributed by atoms with van der Waals surface area (Å²) in [4.78, 5) is 0. The molecule has 0 heterocycles. The van der Waals surface area contributed by atoms with E-state index in [0.29, 0.717) is 0 Å². The van der Waals surface area contributed by atoms with Gasteiger partial charge < -0.3 is 3.83 Å². The van der Waals surface area contributed by atoms with Gasteiger partial charge in [-0.25, -0.2) is 0 Å². The van der Waals surface area contributed by atoms with Crippen molar-refractivity contribution in [3.05, 3.63) is 30.3 Å². The maximum absolute atomic E-state index is 4.73. The topological polar surface area (TPSA) is 9.23 Å². The van der Waals surface area contributed by atoms with Crippen molar-refractivity contribution in [1.29, 1.82) is 0 Å². The molecule has 0 atom stereocenters. The summed E-state index contributed by atoms with van der Waals surface area (Å²) in [6.07, 6.45) is 0. The first-order valence-corrected chi connectivity index (χ1v) is 2.92. The Bertz CT molecular complexity index is 154. The fourth-order valence-corrected chi connectivity index (χ4v) is 0.688. The van der Waals surface area contributed by atoms with E-state index < -0.39 is 0 Å².